The fourth-order valence-corrected chi connectivity index (χ4v) is 2.30. The predicted octanol–water partition coefficient (Wildman–Crippen LogP) is 0.839. The van der Waals surface area contributed by atoms with Crippen molar-refractivity contribution in [1.82, 2.24) is 25.5 Å². The van der Waals surface area contributed by atoms with Crippen LogP contribution in [0.2, 0.25) is 0 Å². The molecule has 1 heterocycles. The van der Waals surface area contributed by atoms with Crippen LogP contribution < -0.4 is 10.1 Å². The summed E-state index contributed by atoms with van der Waals surface area (Å²) in [5.41, 5.74) is 1.26. The first-order chi connectivity index (χ1) is 9.71. The summed E-state index contributed by atoms with van der Waals surface area (Å²) in [5.74, 6) is 2.11. The number of nitrogens with one attached hydrogen (secondary N) is 1. The van der Waals surface area contributed by atoms with Crippen LogP contribution in [0, 0.1) is 5.92 Å². The van der Waals surface area contributed by atoms with E-state index in [1.54, 1.807) is 14.2 Å². The molecule has 1 aromatic heterocycles. The molecular formula is C14H21N5O. The van der Waals surface area contributed by atoms with Gasteiger partial charge >= 0.3 is 0 Å². The summed E-state index contributed by atoms with van der Waals surface area (Å²) in [6, 6.07) is 8.17. The maximum atomic E-state index is 5.26. The molecule has 6 nitrogen and oxygen atoms in total. The average molecular weight is 275 g/mol. The van der Waals surface area contributed by atoms with Gasteiger partial charge in [-0.2, -0.15) is 4.80 Å². The molecular weight excluding hydrogens is 254 g/mol. The van der Waals surface area contributed by atoms with Crippen molar-refractivity contribution in [1.29, 1.82) is 0 Å². The summed E-state index contributed by atoms with van der Waals surface area (Å²) in [7, 11) is 5.43. The molecule has 0 amide bonds. The molecule has 1 aromatic carbocycles. The Bertz CT molecular complexity index is 540. The van der Waals surface area contributed by atoms with E-state index in [2.05, 4.69) is 32.9 Å². The highest BCUT2D eigenvalue weighted by Gasteiger charge is 2.13. The Morgan fingerprint density at radius 1 is 1.35 bits per heavy atom. The molecule has 0 aliphatic carbocycles. The fourth-order valence-electron chi connectivity index (χ4n) is 2.30. The van der Waals surface area contributed by atoms with E-state index in [1.165, 1.54) is 10.4 Å². The van der Waals surface area contributed by atoms with E-state index in [-0.39, 0.29) is 0 Å². The topological polar surface area (TPSA) is 64.9 Å². The Kier molecular flexibility index (Phi) is 5.06. The van der Waals surface area contributed by atoms with Crippen LogP contribution in [-0.2, 0) is 19.9 Å². The number of methoxy groups -OCH3 is 1. The molecule has 0 saturated heterocycles. The van der Waals surface area contributed by atoms with Gasteiger partial charge in [-0.1, -0.05) is 12.1 Å². The molecule has 2 rings (SSSR count). The number of benzene rings is 1. The van der Waals surface area contributed by atoms with E-state index in [0.717, 1.165) is 31.0 Å². The molecule has 0 fully saturated rings. The van der Waals surface area contributed by atoms with Gasteiger partial charge in [-0.3, -0.25) is 0 Å². The van der Waals surface area contributed by atoms with Crippen LogP contribution in [-0.4, -0.2) is 40.9 Å². The van der Waals surface area contributed by atoms with Crippen molar-refractivity contribution in [3.8, 4) is 5.75 Å². The van der Waals surface area contributed by atoms with Gasteiger partial charge in [-0.25, -0.2) is 0 Å². The van der Waals surface area contributed by atoms with Crippen LogP contribution in [0.5, 0.6) is 5.75 Å². The second kappa shape index (κ2) is 7.00. The fraction of sp³-hybridized carbons (Fsp3) is 0.500. The number of hydrogen-bond acceptors (Lipinski definition) is 5. The van der Waals surface area contributed by atoms with Gasteiger partial charge in [0.2, 0.25) is 0 Å². The van der Waals surface area contributed by atoms with Gasteiger partial charge in [0.1, 0.15) is 5.75 Å². The monoisotopic (exact) mass is 275 g/mol. The van der Waals surface area contributed by atoms with Gasteiger partial charge < -0.3 is 10.1 Å². The Balaban J connectivity index is 2.04. The first-order valence-corrected chi connectivity index (χ1v) is 6.71. The van der Waals surface area contributed by atoms with Gasteiger partial charge in [0.05, 0.1) is 14.2 Å². The molecule has 1 N–H and O–H groups in total. The number of ether oxygens (including phenoxy) is 1. The van der Waals surface area contributed by atoms with E-state index >= 15 is 0 Å². The standard InChI is InChI=1S/C14H21N5O/c1-15-10-12(9-14-16-18-19(2)17-14)7-11-5-4-6-13(8-11)20-3/h4-6,8,12,15H,7,9-10H2,1-3H3. The van der Waals surface area contributed by atoms with Crippen LogP contribution in [0.4, 0.5) is 0 Å². The van der Waals surface area contributed by atoms with Crippen LogP contribution in [0.15, 0.2) is 24.3 Å². The molecule has 0 aliphatic heterocycles. The third kappa shape index (κ3) is 4.03. The highest BCUT2D eigenvalue weighted by Crippen LogP contribution is 2.17. The Labute approximate surface area is 119 Å². The van der Waals surface area contributed by atoms with Crippen molar-refractivity contribution in [3.63, 3.8) is 0 Å². The third-order valence-corrected chi connectivity index (χ3v) is 3.17. The number of aryl methyl sites for hydroxylation is 1. The van der Waals surface area contributed by atoms with Crippen LogP contribution in [0.25, 0.3) is 0 Å². The molecule has 0 radical (unpaired) electrons. The smallest absolute Gasteiger partial charge is 0.175 e. The zero-order chi connectivity index (χ0) is 14.4. The number of tetrazole rings is 1. The van der Waals surface area contributed by atoms with E-state index in [0.29, 0.717) is 5.92 Å². The minimum Gasteiger partial charge on any atom is -0.497 e. The maximum Gasteiger partial charge on any atom is 0.175 e. The zero-order valence-electron chi connectivity index (χ0n) is 12.2. The van der Waals surface area contributed by atoms with Crippen molar-refractivity contribution in [2.24, 2.45) is 13.0 Å². The van der Waals surface area contributed by atoms with Crippen LogP contribution in [0.3, 0.4) is 0 Å². The SMILES string of the molecule is CNCC(Cc1cccc(OC)c1)Cc1nnn(C)n1. The lowest BCUT2D eigenvalue weighted by Gasteiger charge is -2.15. The van der Waals surface area contributed by atoms with Crippen molar-refractivity contribution in [2.45, 2.75) is 12.8 Å². The van der Waals surface area contributed by atoms with Gasteiger partial charge in [0.15, 0.2) is 5.82 Å². The summed E-state index contributed by atoms with van der Waals surface area (Å²) < 4.78 is 5.26. The zero-order valence-corrected chi connectivity index (χ0v) is 12.2. The lowest BCUT2D eigenvalue weighted by molar-refractivity contribution is 0.413. The molecule has 0 bridgehead atoms. The predicted molar refractivity (Wildman–Crippen MR) is 76.6 cm³/mol. The van der Waals surface area contributed by atoms with E-state index in [4.69, 9.17) is 4.74 Å². The van der Waals surface area contributed by atoms with E-state index in [9.17, 15) is 0 Å². The minimum absolute atomic E-state index is 0.427. The average Bonchev–Trinajstić information content (AvgIpc) is 2.84. The van der Waals surface area contributed by atoms with Gasteiger partial charge in [0, 0.05) is 6.42 Å². The molecule has 0 aliphatic rings. The Hall–Kier alpha value is -1.95. The largest absolute Gasteiger partial charge is 0.497 e. The first-order valence-electron chi connectivity index (χ1n) is 6.71. The van der Waals surface area contributed by atoms with Crippen molar-refractivity contribution in [3.05, 3.63) is 35.7 Å². The molecule has 20 heavy (non-hydrogen) atoms. The lowest BCUT2D eigenvalue weighted by Crippen LogP contribution is -2.23. The summed E-state index contributed by atoms with van der Waals surface area (Å²) in [6.45, 7) is 0.912. The quantitative estimate of drug-likeness (QED) is 0.811. The van der Waals surface area contributed by atoms with Crippen LogP contribution >= 0.6 is 0 Å². The molecule has 0 spiro atoms. The number of aromatic nitrogens is 4. The van der Waals surface area contributed by atoms with E-state index in [1.807, 2.05) is 19.2 Å². The number of rotatable bonds is 7. The molecule has 108 valence electrons. The van der Waals surface area contributed by atoms with Crippen molar-refractivity contribution >= 4 is 0 Å². The lowest BCUT2D eigenvalue weighted by atomic mass is 9.95. The maximum absolute atomic E-state index is 5.26. The first kappa shape index (κ1) is 14.5. The second-order valence-electron chi connectivity index (χ2n) is 4.88. The highest BCUT2D eigenvalue weighted by atomic mass is 16.5. The Morgan fingerprint density at radius 2 is 2.20 bits per heavy atom. The molecule has 0 saturated carbocycles. The van der Waals surface area contributed by atoms with Crippen molar-refractivity contribution < 1.29 is 4.74 Å². The number of nitrogens with zero attached hydrogens (tertiary/aromatic N) is 4. The van der Waals surface area contributed by atoms with Gasteiger partial charge in [0.25, 0.3) is 0 Å². The summed E-state index contributed by atoms with van der Waals surface area (Å²) in [4.78, 5) is 1.50. The van der Waals surface area contributed by atoms with Gasteiger partial charge in [-0.05, 0) is 48.8 Å². The number of hydrogen-bond donors (Lipinski definition) is 1. The third-order valence-electron chi connectivity index (χ3n) is 3.17. The molecule has 2 aromatic rings. The molecule has 1 atom stereocenters. The highest BCUT2D eigenvalue weighted by molar-refractivity contribution is 5.28. The summed E-state index contributed by atoms with van der Waals surface area (Å²) in [5, 5.41) is 15.4. The van der Waals surface area contributed by atoms with Crippen LogP contribution in [0.1, 0.15) is 11.4 Å². The van der Waals surface area contributed by atoms with Gasteiger partial charge in [-0.15, -0.1) is 10.2 Å². The van der Waals surface area contributed by atoms with E-state index < -0.39 is 0 Å². The Morgan fingerprint density at radius 3 is 2.85 bits per heavy atom. The molecule has 1 unspecified atom stereocenters. The van der Waals surface area contributed by atoms with Crippen molar-refractivity contribution in [2.75, 3.05) is 20.7 Å². The molecule has 6 heteroatoms. The minimum atomic E-state index is 0.427. The second-order valence-corrected chi connectivity index (χ2v) is 4.88. The summed E-state index contributed by atoms with van der Waals surface area (Å²) in [6.07, 6.45) is 1.77. The normalized spacial score (nSPS) is 12.3. The summed E-state index contributed by atoms with van der Waals surface area (Å²) >= 11 is 0.